The van der Waals surface area contributed by atoms with Gasteiger partial charge in [-0.05, 0) is 24.5 Å². The number of nitrogens with zero attached hydrogens (tertiary/aromatic N) is 2. The fourth-order valence-electron chi connectivity index (χ4n) is 1.61. The van der Waals surface area contributed by atoms with Crippen LogP contribution in [-0.2, 0) is 4.79 Å². The normalized spacial score (nSPS) is 10.7. The third-order valence-corrected chi connectivity index (χ3v) is 2.94. The van der Waals surface area contributed by atoms with Gasteiger partial charge < -0.3 is 10.0 Å². The van der Waals surface area contributed by atoms with E-state index in [1.165, 1.54) is 0 Å². The number of aromatic nitrogens is 1. The summed E-state index contributed by atoms with van der Waals surface area (Å²) in [5.74, 6) is -0.239. The maximum Gasteiger partial charge on any atom is 0.305 e. The van der Waals surface area contributed by atoms with Crippen LogP contribution >= 0.6 is 11.6 Å². The van der Waals surface area contributed by atoms with Crippen molar-refractivity contribution in [1.82, 2.24) is 4.98 Å². The van der Waals surface area contributed by atoms with Crippen molar-refractivity contribution >= 4 is 23.3 Å². The minimum absolute atomic E-state index is 0.101. The summed E-state index contributed by atoms with van der Waals surface area (Å²) in [6, 6.07) is 3.68. The molecule has 0 aliphatic carbocycles. The quantitative estimate of drug-likeness (QED) is 0.774. The van der Waals surface area contributed by atoms with Gasteiger partial charge >= 0.3 is 5.97 Å². The Kier molecular flexibility index (Phi) is 5.92. The molecule has 5 heteroatoms. The Morgan fingerprint density at radius 2 is 2.22 bits per heavy atom. The van der Waals surface area contributed by atoms with Crippen molar-refractivity contribution in [2.45, 2.75) is 26.7 Å². The highest BCUT2D eigenvalue weighted by atomic mass is 35.5. The smallest absolute Gasteiger partial charge is 0.305 e. The lowest BCUT2D eigenvalue weighted by Crippen LogP contribution is -2.28. The second-order valence-electron chi connectivity index (χ2n) is 4.63. The Labute approximate surface area is 113 Å². The summed E-state index contributed by atoms with van der Waals surface area (Å²) in [6.07, 6.45) is 2.72. The molecule has 18 heavy (non-hydrogen) atoms. The van der Waals surface area contributed by atoms with Crippen molar-refractivity contribution in [1.29, 1.82) is 0 Å². The zero-order valence-corrected chi connectivity index (χ0v) is 11.5. The molecule has 0 saturated heterocycles. The predicted molar refractivity (Wildman–Crippen MR) is 73.2 cm³/mol. The number of rotatable bonds is 7. The van der Waals surface area contributed by atoms with Crippen molar-refractivity contribution in [3.05, 3.63) is 23.5 Å². The molecule has 0 bridgehead atoms. The Morgan fingerprint density at radius 3 is 2.78 bits per heavy atom. The lowest BCUT2D eigenvalue weighted by atomic mass is 10.1. The van der Waals surface area contributed by atoms with E-state index in [1.54, 1.807) is 6.20 Å². The highest BCUT2D eigenvalue weighted by Gasteiger charge is 2.12. The number of carboxylic acid groups (broad SMARTS) is 1. The molecule has 0 fully saturated rings. The molecule has 4 nitrogen and oxygen atoms in total. The second-order valence-corrected chi connectivity index (χ2v) is 4.98. The number of pyridine rings is 1. The molecule has 100 valence electrons. The van der Waals surface area contributed by atoms with Crippen molar-refractivity contribution in [2.75, 3.05) is 18.0 Å². The molecule has 0 amide bonds. The molecule has 0 atom stereocenters. The maximum absolute atomic E-state index is 10.7. The minimum atomic E-state index is -0.801. The Hall–Kier alpha value is -1.29. The van der Waals surface area contributed by atoms with Gasteiger partial charge in [-0.2, -0.15) is 0 Å². The van der Waals surface area contributed by atoms with Gasteiger partial charge in [0, 0.05) is 19.3 Å². The summed E-state index contributed by atoms with van der Waals surface area (Å²) in [5.41, 5.74) is 0.807. The summed E-state index contributed by atoms with van der Waals surface area (Å²) in [7, 11) is 0. The summed E-state index contributed by atoms with van der Waals surface area (Å²) in [6.45, 7) is 5.52. The van der Waals surface area contributed by atoms with Crippen LogP contribution in [0.4, 0.5) is 5.69 Å². The number of anilines is 1. The first-order valence-corrected chi connectivity index (χ1v) is 6.45. The largest absolute Gasteiger partial charge is 0.481 e. The van der Waals surface area contributed by atoms with Gasteiger partial charge in [0.05, 0.1) is 12.1 Å². The molecule has 1 aromatic heterocycles. The highest BCUT2D eigenvalue weighted by Crippen LogP contribution is 2.23. The highest BCUT2D eigenvalue weighted by molar-refractivity contribution is 6.32. The number of halogens is 1. The first-order chi connectivity index (χ1) is 8.50. The monoisotopic (exact) mass is 270 g/mol. The van der Waals surface area contributed by atoms with E-state index in [0.717, 1.165) is 18.7 Å². The average Bonchev–Trinajstić information content (AvgIpc) is 2.30. The van der Waals surface area contributed by atoms with Gasteiger partial charge in [0.2, 0.25) is 0 Å². The molecule has 0 unspecified atom stereocenters. The van der Waals surface area contributed by atoms with Crippen LogP contribution < -0.4 is 4.90 Å². The Bertz CT molecular complexity index is 396. The molecule has 0 aliphatic heterocycles. The number of hydrogen-bond donors (Lipinski definition) is 1. The average molecular weight is 271 g/mol. The molecule has 0 spiro atoms. The van der Waals surface area contributed by atoms with Gasteiger partial charge in [-0.15, -0.1) is 0 Å². The molecule has 0 aliphatic rings. The molecule has 1 N–H and O–H groups in total. The number of hydrogen-bond acceptors (Lipinski definition) is 3. The molecular formula is C13H19ClN2O2. The first kappa shape index (κ1) is 14.8. The molecule has 0 aromatic carbocycles. The third kappa shape index (κ3) is 4.92. The predicted octanol–water partition coefficient (Wildman–Crippen LogP) is 3.06. The van der Waals surface area contributed by atoms with Crippen molar-refractivity contribution in [3.63, 3.8) is 0 Å². The van der Waals surface area contributed by atoms with E-state index >= 15 is 0 Å². The Balaban J connectivity index is 2.75. The SMILES string of the molecule is CC(C)CCN(CCC(=O)O)c1cccnc1Cl. The van der Waals surface area contributed by atoms with E-state index in [0.29, 0.717) is 17.6 Å². The topological polar surface area (TPSA) is 53.4 Å². The lowest BCUT2D eigenvalue weighted by molar-refractivity contribution is -0.136. The fourth-order valence-corrected chi connectivity index (χ4v) is 1.85. The first-order valence-electron chi connectivity index (χ1n) is 6.08. The van der Waals surface area contributed by atoms with Crippen molar-refractivity contribution < 1.29 is 9.90 Å². The minimum Gasteiger partial charge on any atom is -0.481 e. The maximum atomic E-state index is 10.7. The van der Waals surface area contributed by atoms with Gasteiger partial charge in [-0.25, -0.2) is 4.98 Å². The van der Waals surface area contributed by atoms with Crippen LogP contribution in [0.1, 0.15) is 26.7 Å². The van der Waals surface area contributed by atoms with Crippen LogP contribution in [0.15, 0.2) is 18.3 Å². The zero-order chi connectivity index (χ0) is 13.5. The Morgan fingerprint density at radius 1 is 1.50 bits per heavy atom. The molecule has 1 rings (SSSR count). The van der Waals surface area contributed by atoms with Crippen LogP contribution in [0.2, 0.25) is 5.15 Å². The van der Waals surface area contributed by atoms with E-state index < -0.39 is 5.97 Å². The zero-order valence-electron chi connectivity index (χ0n) is 10.8. The fraction of sp³-hybridized carbons (Fsp3) is 0.538. The van der Waals surface area contributed by atoms with E-state index in [1.807, 2.05) is 17.0 Å². The van der Waals surface area contributed by atoms with E-state index in [4.69, 9.17) is 16.7 Å². The van der Waals surface area contributed by atoms with Crippen LogP contribution in [-0.4, -0.2) is 29.1 Å². The number of carbonyl (C=O) groups is 1. The summed E-state index contributed by atoms with van der Waals surface area (Å²) >= 11 is 6.05. The molecule has 0 saturated carbocycles. The molecule has 1 aromatic rings. The number of carboxylic acids is 1. The van der Waals surface area contributed by atoms with Crippen LogP contribution in [0.5, 0.6) is 0 Å². The molecule has 1 heterocycles. The lowest BCUT2D eigenvalue weighted by Gasteiger charge is -2.25. The van der Waals surface area contributed by atoms with Gasteiger partial charge in [0.1, 0.15) is 0 Å². The van der Waals surface area contributed by atoms with Gasteiger partial charge in [0.15, 0.2) is 5.15 Å². The third-order valence-electron chi connectivity index (χ3n) is 2.65. The van der Waals surface area contributed by atoms with Crippen LogP contribution in [0.3, 0.4) is 0 Å². The molecular weight excluding hydrogens is 252 g/mol. The van der Waals surface area contributed by atoms with Gasteiger partial charge in [0.25, 0.3) is 0 Å². The molecule has 0 radical (unpaired) electrons. The van der Waals surface area contributed by atoms with Gasteiger partial charge in [-0.1, -0.05) is 25.4 Å². The van der Waals surface area contributed by atoms with E-state index in [2.05, 4.69) is 18.8 Å². The van der Waals surface area contributed by atoms with E-state index in [-0.39, 0.29) is 6.42 Å². The van der Waals surface area contributed by atoms with E-state index in [9.17, 15) is 4.79 Å². The summed E-state index contributed by atoms with van der Waals surface area (Å²) < 4.78 is 0. The van der Waals surface area contributed by atoms with Gasteiger partial charge in [-0.3, -0.25) is 4.79 Å². The summed E-state index contributed by atoms with van der Waals surface area (Å²) in [5, 5.41) is 9.20. The van der Waals surface area contributed by atoms with Crippen molar-refractivity contribution in [3.8, 4) is 0 Å². The summed E-state index contributed by atoms with van der Waals surface area (Å²) in [4.78, 5) is 16.7. The standard InChI is InChI=1S/C13H19ClN2O2/c1-10(2)5-8-16(9-6-12(17)18)11-4-3-7-15-13(11)14/h3-4,7,10H,5-6,8-9H2,1-2H3,(H,17,18). The van der Waals surface area contributed by atoms with Crippen LogP contribution in [0.25, 0.3) is 0 Å². The number of aliphatic carboxylic acids is 1. The second kappa shape index (κ2) is 7.21. The van der Waals surface area contributed by atoms with Crippen LogP contribution in [0, 0.1) is 5.92 Å². The van der Waals surface area contributed by atoms with Crippen molar-refractivity contribution in [2.24, 2.45) is 5.92 Å².